The molecule has 25 heavy (non-hydrogen) atoms. The largest absolute Gasteiger partial charge is 0.367 e. The molecule has 1 aromatic heterocycles. The first kappa shape index (κ1) is 18.6. The van der Waals surface area contributed by atoms with Gasteiger partial charge in [0.25, 0.3) is 0 Å². The molecule has 2 aromatic carbocycles. The molecule has 0 fully saturated rings. The highest BCUT2D eigenvalue weighted by Gasteiger charge is 2.16. The number of hydrogen-bond donors (Lipinski definition) is 0. The first-order valence-electron chi connectivity index (χ1n) is 7.48. The van der Waals surface area contributed by atoms with Gasteiger partial charge in [-0.1, -0.05) is 52.5 Å². The van der Waals surface area contributed by atoms with E-state index in [0.717, 1.165) is 11.1 Å². The molecule has 7 heteroatoms. The first-order valence-corrected chi connectivity index (χ1v) is 9.00. The summed E-state index contributed by atoms with van der Waals surface area (Å²) in [5, 5.41) is 2.28. The van der Waals surface area contributed by atoms with Crippen molar-refractivity contribution in [2.75, 3.05) is 0 Å². The molecule has 0 radical (unpaired) electrons. The number of aromatic nitrogens is 2. The van der Waals surface area contributed by atoms with Crippen LogP contribution in [-0.4, -0.2) is 9.55 Å². The zero-order valence-electron chi connectivity index (χ0n) is 13.0. The second-order valence-corrected chi connectivity index (χ2v) is 7.21. The number of imidazole rings is 1. The molecule has 1 atom stereocenters. The molecule has 0 aliphatic rings. The molecule has 1 heterocycles. The third-order valence-corrected chi connectivity index (χ3v) is 4.67. The van der Waals surface area contributed by atoms with Crippen molar-refractivity contribution >= 4 is 46.4 Å². The molecule has 3 rings (SSSR count). The monoisotopic (exact) mass is 414 g/mol. The molecule has 0 spiro atoms. The zero-order chi connectivity index (χ0) is 17.8. The van der Waals surface area contributed by atoms with Crippen LogP contribution < -0.4 is 0 Å². The summed E-state index contributed by atoms with van der Waals surface area (Å²) in [6.45, 7) is 0.904. The Morgan fingerprint density at radius 3 is 2.36 bits per heavy atom. The quantitative estimate of drug-likeness (QED) is 0.462. The maximum absolute atomic E-state index is 6.23. The lowest BCUT2D eigenvalue weighted by Crippen LogP contribution is -2.12. The highest BCUT2D eigenvalue weighted by molar-refractivity contribution is 6.35. The van der Waals surface area contributed by atoms with Crippen LogP contribution in [0.1, 0.15) is 17.2 Å². The van der Waals surface area contributed by atoms with Gasteiger partial charge in [-0.15, -0.1) is 0 Å². The van der Waals surface area contributed by atoms with Crippen molar-refractivity contribution in [3.8, 4) is 0 Å². The lowest BCUT2D eigenvalue weighted by atomic mass is 10.1. The predicted molar refractivity (Wildman–Crippen MR) is 103 cm³/mol. The van der Waals surface area contributed by atoms with E-state index in [2.05, 4.69) is 4.98 Å². The van der Waals surface area contributed by atoms with Gasteiger partial charge in [0.1, 0.15) is 6.10 Å². The number of hydrogen-bond acceptors (Lipinski definition) is 2. The normalized spacial score (nSPS) is 12.3. The molecule has 0 aliphatic heterocycles. The summed E-state index contributed by atoms with van der Waals surface area (Å²) in [5.41, 5.74) is 1.74. The third kappa shape index (κ3) is 5.13. The van der Waals surface area contributed by atoms with Crippen molar-refractivity contribution in [3.05, 3.63) is 86.3 Å². The minimum absolute atomic E-state index is 0.267. The molecule has 3 aromatic rings. The third-order valence-electron chi connectivity index (χ3n) is 3.65. The van der Waals surface area contributed by atoms with Crippen LogP contribution in [0.25, 0.3) is 0 Å². The van der Waals surface area contributed by atoms with Crippen molar-refractivity contribution in [3.63, 3.8) is 0 Å². The Morgan fingerprint density at radius 2 is 1.72 bits per heavy atom. The Labute approximate surface area is 166 Å². The van der Waals surface area contributed by atoms with Gasteiger partial charge in [-0.05, 0) is 41.5 Å². The Kier molecular flexibility index (Phi) is 6.26. The van der Waals surface area contributed by atoms with E-state index in [-0.39, 0.29) is 6.10 Å². The smallest absolute Gasteiger partial charge is 0.101 e. The highest BCUT2D eigenvalue weighted by atomic mass is 35.5. The Bertz CT molecular complexity index is 832. The zero-order valence-corrected chi connectivity index (χ0v) is 16.0. The van der Waals surface area contributed by atoms with Crippen molar-refractivity contribution in [1.29, 1.82) is 0 Å². The van der Waals surface area contributed by atoms with Crippen molar-refractivity contribution in [2.45, 2.75) is 19.3 Å². The molecule has 0 N–H and O–H groups in total. The average Bonchev–Trinajstić information content (AvgIpc) is 3.05. The van der Waals surface area contributed by atoms with E-state index in [1.807, 2.05) is 29.0 Å². The summed E-state index contributed by atoms with van der Waals surface area (Å²) in [7, 11) is 0. The SMILES string of the molecule is Clc1cc(Cl)cc(C(Cn2ccnc2)OCc2ccc(Cl)cc2Cl)c1. The minimum atomic E-state index is -0.267. The number of benzene rings is 2. The summed E-state index contributed by atoms with van der Waals surface area (Å²) in [6.07, 6.45) is 5.06. The lowest BCUT2D eigenvalue weighted by Gasteiger charge is -2.20. The van der Waals surface area contributed by atoms with Crippen LogP contribution >= 0.6 is 46.4 Å². The fourth-order valence-electron chi connectivity index (χ4n) is 2.43. The molecular formula is C18H14Cl4N2O. The van der Waals surface area contributed by atoms with Crippen molar-refractivity contribution in [2.24, 2.45) is 0 Å². The van der Waals surface area contributed by atoms with Crippen LogP contribution in [0, 0.1) is 0 Å². The molecule has 0 aliphatic carbocycles. The maximum Gasteiger partial charge on any atom is 0.101 e. The van der Waals surface area contributed by atoms with Crippen LogP contribution in [0.5, 0.6) is 0 Å². The average molecular weight is 416 g/mol. The van der Waals surface area contributed by atoms with Gasteiger partial charge in [-0.25, -0.2) is 4.98 Å². The molecule has 0 amide bonds. The highest BCUT2D eigenvalue weighted by Crippen LogP contribution is 2.29. The Hall–Kier alpha value is -1.23. The fraction of sp³-hybridized carbons (Fsp3) is 0.167. The molecule has 130 valence electrons. The van der Waals surface area contributed by atoms with Gasteiger partial charge in [0, 0.05) is 32.5 Å². The van der Waals surface area contributed by atoms with Crippen LogP contribution in [0.3, 0.4) is 0 Å². The topological polar surface area (TPSA) is 27.1 Å². The van der Waals surface area contributed by atoms with E-state index in [1.54, 1.807) is 30.7 Å². The standard InChI is InChI=1S/C18H14Cl4N2O/c19-14-2-1-12(17(22)8-14)10-25-18(9-24-4-3-23-11-24)13-5-15(20)7-16(21)6-13/h1-8,11,18H,9-10H2. The van der Waals surface area contributed by atoms with Crippen molar-refractivity contribution in [1.82, 2.24) is 9.55 Å². The second-order valence-electron chi connectivity index (χ2n) is 5.50. The first-order chi connectivity index (χ1) is 12.0. The molecule has 0 saturated carbocycles. The second kappa shape index (κ2) is 8.43. The van der Waals surface area contributed by atoms with E-state index >= 15 is 0 Å². The fourth-order valence-corrected chi connectivity index (χ4v) is 3.44. The van der Waals surface area contributed by atoms with Gasteiger partial charge in [-0.2, -0.15) is 0 Å². The maximum atomic E-state index is 6.23. The number of nitrogens with zero attached hydrogens (tertiary/aromatic N) is 2. The van der Waals surface area contributed by atoms with Crippen LogP contribution in [0.4, 0.5) is 0 Å². The summed E-state index contributed by atoms with van der Waals surface area (Å²) >= 11 is 24.5. The van der Waals surface area contributed by atoms with E-state index < -0.39 is 0 Å². The molecule has 1 unspecified atom stereocenters. The molecule has 0 saturated heterocycles. The number of halogens is 4. The molecule has 3 nitrogen and oxygen atoms in total. The van der Waals surface area contributed by atoms with Gasteiger partial charge in [-0.3, -0.25) is 0 Å². The van der Waals surface area contributed by atoms with Gasteiger partial charge >= 0.3 is 0 Å². The summed E-state index contributed by atoms with van der Waals surface area (Å²) < 4.78 is 8.06. The Morgan fingerprint density at radius 1 is 0.960 bits per heavy atom. The predicted octanol–water partition coefficient (Wildman–Crippen LogP) is 6.45. The summed E-state index contributed by atoms with van der Waals surface area (Å²) in [5.74, 6) is 0. The molecule has 0 bridgehead atoms. The van der Waals surface area contributed by atoms with Gasteiger partial charge in [0.2, 0.25) is 0 Å². The minimum Gasteiger partial charge on any atom is -0.367 e. The van der Waals surface area contributed by atoms with Crippen LogP contribution in [0.2, 0.25) is 20.1 Å². The number of ether oxygens (including phenoxy) is 1. The van der Waals surface area contributed by atoms with Gasteiger partial charge < -0.3 is 9.30 Å². The molecular weight excluding hydrogens is 402 g/mol. The lowest BCUT2D eigenvalue weighted by molar-refractivity contribution is 0.0280. The van der Waals surface area contributed by atoms with Gasteiger partial charge in [0.05, 0.1) is 19.5 Å². The van der Waals surface area contributed by atoms with E-state index in [0.29, 0.717) is 33.2 Å². The van der Waals surface area contributed by atoms with E-state index in [1.165, 1.54) is 0 Å². The van der Waals surface area contributed by atoms with E-state index in [4.69, 9.17) is 51.1 Å². The van der Waals surface area contributed by atoms with Gasteiger partial charge in [0.15, 0.2) is 0 Å². The van der Waals surface area contributed by atoms with Crippen LogP contribution in [-0.2, 0) is 17.9 Å². The van der Waals surface area contributed by atoms with E-state index in [9.17, 15) is 0 Å². The Balaban J connectivity index is 1.83. The summed E-state index contributed by atoms with van der Waals surface area (Å²) in [4.78, 5) is 4.07. The summed E-state index contributed by atoms with van der Waals surface area (Å²) in [6, 6.07) is 10.7. The van der Waals surface area contributed by atoms with Crippen molar-refractivity contribution < 1.29 is 4.74 Å². The number of rotatable bonds is 6. The van der Waals surface area contributed by atoms with Crippen LogP contribution in [0.15, 0.2) is 55.1 Å².